The first kappa shape index (κ1) is 19.6. The Morgan fingerprint density at radius 2 is 1.70 bits per heavy atom. The Labute approximate surface area is 179 Å². The zero-order valence-electron chi connectivity index (χ0n) is 18.3. The second kappa shape index (κ2) is 7.12. The van der Waals surface area contributed by atoms with Crippen LogP contribution in [-0.4, -0.2) is 48.2 Å². The number of likely N-dealkylation sites (tertiary alicyclic amines) is 1. The van der Waals surface area contributed by atoms with Crippen molar-refractivity contribution in [3.63, 3.8) is 0 Å². The van der Waals surface area contributed by atoms with E-state index in [2.05, 4.69) is 67.0 Å². The van der Waals surface area contributed by atoms with Crippen LogP contribution in [0.5, 0.6) is 0 Å². The molecule has 4 nitrogen and oxygen atoms in total. The van der Waals surface area contributed by atoms with Crippen LogP contribution in [0.3, 0.4) is 0 Å². The molecular formula is C26H32N2O2. The van der Waals surface area contributed by atoms with Crippen molar-refractivity contribution in [2.45, 2.75) is 51.1 Å². The molecule has 3 aliphatic rings. The summed E-state index contributed by atoms with van der Waals surface area (Å²) in [6, 6.07) is 19.5. The summed E-state index contributed by atoms with van der Waals surface area (Å²) in [6.07, 6.45) is 1.93. The highest BCUT2D eigenvalue weighted by Crippen LogP contribution is 2.56. The molecule has 0 spiro atoms. The number of amides is 2. The first-order valence-electron chi connectivity index (χ1n) is 11.2. The number of urea groups is 1. The molecule has 2 saturated heterocycles. The van der Waals surface area contributed by atoms with E-state index in [-0.39, 0.29) is 28.9 Å². The van der Waals surface area contributed by atoms with Crippen molar-refractivity contribution in [2.75, 3.05) is 26.3 Å². The zero-order chi connectivity index (χ0) is 20.9. The van der Waals surface area contributed by atoms with Crippen LogP contribution < -0.4 is 0 Å². The Kier molecular flexibility index (Phi) is 4.66. The number of ether oxygens (including phenoxy) is 1. The van der Waals surface area contributed by atoms with E-state index in [1.165, 1.54) is 11.1 Å². The van der Waals surface area contributed by atoms with E-state index in [1.807, 2.05) is 18.2 Å². The molecule has 0 saturated carbocycles. The van der Waals surface area contributed by atoms with Gasteiger partial charge in [0, 0.05) is 24.5 Å². The van der Waals surface area contributed by atoms with Gasteiger partial charge in [0.15, 0.2) is 0 Å². The van der Waals surface area contributed by atoms with Crippen LogP contribution in [0, 0.1) is 5.41 Å². The van der Waals surface area contributed by atoms with E-state index in [0.717, 1.165) is 24.9 Å². The van der Waals surface area contributed by atoms with Gasteiger partial charge in [0.1, 0.15) is 0 Å². The molecule has 0 N–H and O–H groups in total. The van der Waals surface area contributed by atoms with Gasteiger partial charge in [-0.05, 0) is 34.9 Å². The predicted molar refractivity (Wildman–Crippen MR) is 118 cm³/mol. The number of carbonyl (C=O) groups is 1. The Morgan fingerprint density at radius 1 is 0.967 bits per heavy atom. The topological polar surface area (TPSA) is 32.8 Å². The minimum Gasteiger partial charge on any atom is -0.377 e. The summed E-state index contributed by atoms with van der Waals surface area (Å²) in [5.41, 5.74) is 4.15. The molecule has 2 aromatic rings. The van der Waals surface area contributed by atoms with E-state index in [1.54, 1.807) is 0 Å². The molecular weight excluding hydrogens is 372 g/mol. The van der Waals surface area contributed by atoms with Crippen molar-refractivity contribution in [1.82, 2.24) is 9.80 Å². The molecule has 2 amide bonds. The first-order valence-corrected chi connectivity index (χ1v) is 11.2. The lowest BCUT2D eigenvalue weighted by molar-refractivity contribution is -0.0425. The Morgan fingerprint density at radius 3 is 2.50 bits per heavy atom. The average molecular weight is 405 g/mol. The van der Waals surface area contributed by atoms with Gasteiger partial charge in [0.05, 0.1) is 19.3 Å². The molecule has 0 radical (unpaired) electrons. The minimum absolute atomic E-state index is 0.0141. The van der Waals surface area contributed by atoms with E-state index < -0.39 is 0 Å². The summed E-state index contributed by atoms with van der Waals surface area (Å²) >= 11 is 0. The number of morpholine rings is 1. The number of nitrogens with zero attached hydrogens (tertiary/aromatic N) is 2. The second-order valence-corrected chi connectivity index (χ2v) is 9.85. The van der Waals surface area contributed by atoms with Crippen LogP contribution in [0.25, 0.3) is 0 Å². The summed E-state index contributed by atoms with van der Waals surface area (Å²) < 4.78 is 5.78. The van der Waals surface area contributed by atoms with Crippen molar-refractivity contribution in [1.29, 1.82) is 0 Å². The van der Waals surface area contributed by atoms with Gasteiger partial charge < -0.3 is 14.5 Å². The molecule has 2 aliphatic heterocycles. The minimum atomic E-state index is -0.0141. The summed E-state index contributed by atoms with van der Waals surface area (Å²) in [7, 11) is 0. The van der Waals surface area contributed by atoms with Crippen LogP contribution in [-0.2, 0) is 16.6 Å². The number of carbonyl (C=O) groups excluding carboxylic acids is 1. The monoisotopic (exact) mass is 404 g/mol. The van der Waals surface area contributed by atoms with Crippen LogP contribution in [0.2, 0.25) is 0 Å². The van der Waals surface area contributed by atoms with Gasteiger partial charge in [-0.15, -0.1) is 0 Å². The van der Waals surface area contributed by atoms with Crippen molar-refractivity contribution in [2.24, 2.45) is 5.41 Å². The van der Waals surface area contributed by atoms with Gasteiger partial charge in [-0.1, -0.05) is 75.4 Å². The van der Waals surface area contributed by atoms with Crippen LogP contribution in [0.15, 0.2) is 54.6 Å². The SMILES string of the molecule is CC1(C)[C@@H]2Cc3ccccc3[C@]1(C)CCN2C(=O)N1CCOCC1c1ccccc1. The van der Waals surface area contributed by atoms with E-state index in [4.69, 9.17) is 4.74 Å². The Bertz CT molecular complexity index is 941. The maximum Gasteiger partial charge on any atom is 0.320 e. The summed E-state index contributed by atoms with van der Waals surface area (Å²) in [6.45, 7) is 9.77. The molecule has 1 aliphatic carbocycles. The third kappa shape index (κ3) is 2.80. The Balaban J connectivity index is 1.48. The van der Waals surface area contributed by atoms with Crippen molar-refractivity contribution >= 4 is 6.03 Å². The number of benzene rings is 2. The van der Waals surface area contributed by atoms with Crippen LogP contribution >= 0.6 is 0 Å². The number of hydrogen-bond donors (Lipinski definition) is 0. The average Bonchev–Trinajstić information content (AvgIpc) is 2.76. The van der Waals surface area contributed by atoms with Crippen LogP contribution in [0.4, 0.5) is 4.79 Å². The highest BCUT2D eigenvalue weighted by Gasteiger charge is 2.57. The molecule has 2 bridgehead atoms. The molecule has 2 heterocycles. The Hall–Kier alpha value is -2.33. The number of piperidine rings is 1. The summed E-state index contributed by atoms with van der Waals surface area (Å²) in [5, 5.41) is 0. The third-order valence-corrected chi connectivity index (χ3v) is 8.31. The summed E-state index contributed by atoms with van der Waals surface area (Å²) in [5.74, 6) is 0. The predicted octanol–water partition coefficient (Wildman–Crippen LogP) is 4.79. The quantitative estimate of drug-likeness (QED) is 0.684. The molecule has 30 heavy (non-hydrogen) atoms. The maximum absolute atomic E-state index is 13.9. The highest BCUT2D eigenvalue weighted by atomic mass is 16.5. The molecule has 2 aromatic carbocycles. The lowest BCUT2D eigenvalue weighted by atomic mass is 9.51. The van der Waals surface area contributed by atoms with Gasteiger partial charge in [-0.2, -0.15) is 0 Å². The van der Waals surface area contributed by atoms with Gasteiger partial charge >= 0.3 is 6.03 Å². The highest BCUT2D eigenvalue weighted by molar-refractivity contribution is 5.76. The summed E-state index contributed by atoms with van der Waals surface area (Å²) in [4.78, 5) is 18.2. The smallest absolute Gasteiger partial charge is 0.320 e. The lowest BCUT2D eigenvalue weighted by Gasteiger charge is -2.61. The van der Waals surface area contributed by atoms with E-state index in [9.17, 15) is 4.79 Å². The molecule has 158 valence electrons. The largest absolute Gasteiger partial charge is 0.377 e. The van der Waals surface area contributed by atoms with E-state index >= 15 is 0 Å². The van der Waals surface area contributed by atoms with E-state index in [0.29, 0.717) is 19.8 Å². The molecule has 2 fully saturated rings. The normalized spacial score (nSPS) is 30.0. The molecule has 3 atom stereocenters. The fraction of sp³-hybridized carbons (Fsp3) is 0.500. The van der Waals surface area contributed by atoms with Crippen molar-refractivity contribution in [3.05, 3.63) is 71.3 Å². The van der Waals surface area contributed by atoms with Crippen LogP contribution in [0.1, 0.15) is 49.9 Å². The third-order valence-electron chi connectivity index (χ3n) is 8.31. The number of hydrogen-bond acceptors (Lipinski definition) is 2. The molecule has 4 heteroatoms. The molecule has 0 aromatic heterocycles. The zero-order valence-corrected chi connectivity index (χ0v) is 18.3. The van der Waals surface area contributed by atoms with Crippen molar-refractivity contribution < 1.29 is 9.53 Å². The van der Waals surface area contributed by atoms with Gasteiger partial charge in [-0.25, -0.2) is 4.79 Å². The first-order chi connectivity index (χ1) is 14.4. The van der Waals surface area contributed by atoms with Crippen molar-refractivity contribution in [3.8, 4) is 0 Å². The van der Waals surface area contributed by atoms with Gasteiger partial charge in [0.25, 0.3) is 0 Å². The maximum atomic E-state index is 13.9. The standard InChI is InChI=1S/C26H32N2O2/c1-25(2)23-17-20-11-7-8-12-21(20)26(25,3)13-14-28(23)24(29)27-15-16-30-18-22(27)19-9-5-4-6-10-19/h4-12,22-23H,13-18H2,1-3H3/t22?,23-,26-/m0/s1. The second-order valence-electron chi connectivity index (χ2n) is 9.85. The fourth-order valence-corrected chi connectivity index (χ4v) is 6.05. The number of rotatable bonds is 1. The number of fused-ring (bicyclic) bond motifs is 4. The molecule has 1 unspecified atom stereocenters. The molecule has 5 rings (SSSR count). The lowest BCUT2D eigenvalue weighted by Crippen LogP contribution is -2.67. The fourth-order valence-electron chi connectivity index (χ4n) is 6.05. The van der Waals surface area contributed by atoms with Gasteiger partial charge in [-0.3, -0.25) is 0 Å². The van der Waals surface area contributed by atoms with Gasteiger partial charge in [0.2, 0.25) is 0 Å².